The van der Waals surface area contributed by atoms with E-state index >= 15 is 0 Å². The Balaban J connectivity index is 1.90. The van der Waals surface area contributed by atoms with Gasteiger partial charge in [-0.3, -0.25) is 14.9 Å². The molecule has 0 N–H and O–H groups in total. The Hall–Kier alpha value is -3.97. The van der Waals surface area contributed by atoms with Gasteiger partial charge < -0.3 is 9.15 Å². The highest BCUT2D eigenvalue weighted by molar-refractivity contribution is 6.33. The van der Waals surface area contributed by atoms with Gasteiger partial charge >= 0.3 is 5.97 Å². The molecule has 0 saturated heterocycles. The minimum Gasteiger partial charge on any atom is -0.452 e. The first-order valence-electron chi connectivity index (χ1n) is 9.56. The molecule has 4 aromatic rings. The minimum atomic E-state index is -0.857. The molecule has 0 bridgehead atoms. The zero-order valence-electron chi connectivity index (χ0n) is 17.0. The van der Waals surface area contributed by atoms with E-state index in [2.05, 4.69) is 0 Å². The van der Waals surface area contributed by atoms with Crippen molar-refractivity contribution in [1.29, 1.82) is 0 Å². The molecule has 0 aliphatic heterocycles. The number of carbonyl (C=O) groups is 1. The van der Waals surface area contributed by atoms with Gasteiger partial charge in [0, 0.05) is 17.7 Å². The second kappa shape index (κ2) is 8.28. The van der Waals surface area contributed by atoms with Gasteiger partial charge in [0.2, 0.25) is 11.2 Å². The first kappa shape index (κ1) is 21.3. The summed E-state index contributed by atoms with van der Waals surface area (Å²) in [6, 6.07) is 15.1. The Labute approximate surface area is 187 Å². The Morgan fingerprint density at radius 1 is 1.06 bits per heavy atom. The van der Waals surface area contributed by atoms with Crippen molar-refractivity contribution in [2.75, 3.05) is 0 Å². The smallest absolute Gasteiger partial charge is 0.343 e. The normalized spacial score (nSPS) is 10.8. The molecule has 0 radical (unpaired) electrons. The summed E-state index contributed by atoms with van der Waals surface area (Å²) in [6.07, 6.45) is 0. The van der Waals surface area contributed by atoms with E-state index in [-0.39, 0.29) is 28.1 Å². The summed E-state index contributed by atoms with van der Waals surface area (Å²) in [5.41, 5.74) is 1.70. The molecule has 7 nitrogen and oxygen atoms in total. The molecule has 0 unspecified atom stereocenters. The Bertz CT molecular complexity index is 1440. The van der Waals surface area contributed by atoms with Crippen LogP contribution in [0.1, 0.15) is 21.5 Å². The standard InChI is InChI=1S/C24H16ClNO6/c1-13-11-14(2)21-18(12-13)20(27)23(22(31-21)17-5-3-4-6-19(17)25)32-24(28)15-7-9-16(10-8-15)26(29)30/h3-12H,1-2H3. The number of esters is 1. The highest BCUT2D eigenvalue weighted by Gasteiger charge is 2.24. The number of aryl methyl sites for hydroxylation is 2. The summed E-state index contributed by atoms with van der Waals surface area (Å²) >= 11 is 6.33. The lowest BCUT2D eigenvalue weighted by molar-refractivity contribution is -0.384. The highest BCUT2D eigenvalue weighted by Crippen LogP contribution is 2.36. The molecule has 0 fully saturated rings. The second-order valence-electron chi connectivity index (χ2n) is 7.22. The molecular weight excluding hydrogens is 434 g/mol. The van der Waals surface area contributed by atoms with Gasteiger partial charge in [-0.2, -0.15) is 0 Å². The van der Waals surface area contributed by atoms with Gasteiger partial charge in [-0.05, 0) is 55.3 Å². The van der Waals surface area contributed by atoms with Crippen LogP contribution in [0, 0.1) is 24.0 Å². The van der Waals surface area contributed by atoms with Crippen LogP contribution in [0.5, 0.6) is 5.75 Å². The number of nitro benzene ring substituents is 1. The van der Waals surface area contributed by atoms with E-state index in [1.807, 2.05) is 19.9 Å². The third-order valence-electron chi connectivity index (χ3n) is 4.91. The molecular formula is C24H16ClNO6. The number of carbonyl (C=O) groups excluding carboxylic acids is 1. The number of non-ortho nitro benzene ring substituents is 1. The van der Waals surface area contributed by atoms with Crippen LogP contribution in [0.25, 0.3) is 22.3 Å². The molecule has 8 heteroatoms. The van der Waals surface area contributed by atoms with E-state index in [1.165, 1.54) is 24.3 Å². The number of halogens is 1. The molecule has 0 aliphatic rings. The lowest BCUT2D eigenvalue weighted by Crippen LogP contribution is -2.16. The van der Waals surface area contributed by atoms with Crippen LogP contribution in [0.2, 0.25) is 5.02 Å². The first-order chi connectivity index (χ1) is 15.3. The zero-order chi connectivity index (χ0) is 23.0. The van der Waals surface area contributed by atoms with Gasteiger partial charge in [0.15, 0.2) is 5.76 Å². The van der Waals surface area contributed by atoms with E-state index in [0.29, 0.717) is 16.2 Å². The average molecular weight is 450 g/mol. The number of nitrogens with zero attached hydrogens (tertiary/aromatic N) is 1. The molecule has 1 heterocycles. The zero-order valence-corrected chi connectivity index (χ0v) is 17.8. The monoisotopic (exact) mass is 449 g/mol. The number of benzene rings is 3. The maximum absolute atomic E-state index is 13.4. The minimum absolute atomic E-state index is 0.0234. The van der Waals surface area contributed by atoms with Crippen molar-refractivity contribution < 1.29 is 18.9 Å². The van der Waals surface area contributed by atoms with Crippen LogP contribution in [-0.2, 0) is 0 Å². The summed E-state index contributed by atoms with van der Waals surface area (Å²) in [7, 11) is 0. The van der Waals surface area contributed by atoms with E-state index in [4.69, 9.17) is 20.8 Å². The maximum Gasteiger partial charge on any atom is 0.343 e. The van der Waals surface area contributed by atoms with E-state index in [1.54, 1.807) is 30.3 Å². The third-order valence-corrected chi connectivity index (χ3v) is 5.24. The molecule has 0 atom stereocenters. The molecule has 1 aromatic heterocycles. The number of hydrogen-bond acceptors (Lipinski definition) is 6. The second-order valence-corrected chi connectivity index (χ2v) is 7.63. The van der Waals surface area contributed by atoms with Crippen LogP contribution >= 0.6 is 11.6 Å². The molecule has 32 heavy (non-hydrogen) atoms. The van der Waals surface area contributed by atoms with Crippen molar-refractivity contribution in [3.63, 3.8) is 0 Å². The number of hydrogen-bond donors (Lipinski definition) is 0. The van der Waals surface area contributed by atoms with E-state index in [9.17, 15) is 19.7 Å². The van der Waals surface area contributed by atoms with Crippen LogP contribution in [-0.4, -0.2) is 10.9 Å². The quantitative estimate of drug-likeness (QED) is 0.220. The van der Waals surface area contributed by atoms with Gasteiger partial charge in [-0.15, -0.1) is 0 Å². The van der Waals surface area contributed by atoms with Crippen molar-refractivity contribution in [2.45, 2.75) is 13.8 Å². The van der Waals surface area contributed by atoms with E-state index in [0.717, 1.165) is 11.1 Å². The van der Waals surface area contributed by atoms with Crippen molar-refractivity contribution in [1.82, 2.24) is 0 Å². The maximum atomic E-state index is 13.4. The summed E-state index contributed by atoms with van der Waals surface area (Å²) in [4.78, 5) is 36.4. The molecule has 160 valence electrons. The fourth-order valence-electron chi connectivity index (χ4n) is 3.42. The lowest BCUT2D eigenvalue weighted by atomic mass is 10.1. The van der Waals surface area contributed by atoms with Gasteiger partial charge in [0.1, 0.15) is 5.58 Å². The molecule has 4 rings (SSSR count). The largest absolute Gasteiger partial charge is 0.452 e. The van der Waals surface area contributed by atoms with Crippen molar-refractivity contribution in [3.8, 4) is 17.1 Å². The Morgan fingerprint density at radius 3 is 2.41 bits per heavy atom. The molecule has 0 amide bonds. The van der Waals surface area contributed by atoms with Gasteiger partial charge in [-0.25, -0.2) is 4.79 Å². The fraction of sp³-hybridized carbons (Fsp3) is 0.0833. The van der Waals surface area contributed by atoms with Crippen molar-refractivity contribution in [2.24, 2.45) is 0 Å². The summed E-state index contributed by atoms with van der Waals surface area (Å²) in [5, 5.41) is 11.4. The summed E-state index contributed by atoms with van der Waals surface area (Å²) < 4.78 is 11.5. The summed E-state index contributed by atoms with van der Waals surface area (Å²) in [6.45, 7) is 3.66. The highest BCUT2D eigenvalue weighted by atomic mass is 35.5. The SMILES string of the molecule is Cc1cc(C)c2oc(-c3ccccc3Cl)c(OC(=O)c3ccc([N+](=O)[O-])cc3)c(=O)c2c1. The lowest BCUT2D eigenvalue weighted by Gasteiger charge is -2.13. The number of ether oxygens (including phenoxy) is 1. The predicted molar refractivity (Wildman–Crippen MR) is 120 cm³/mol. The average Bonchev–Trinajstić information content (AvgIpc) is 2.76. The number of rotatable bonds is 4. The van der Waals surface area contributed by atoms with Crippen LogP contribution < -0.4 is 10.2 Å². The van der Waals surface area contributed by atoms with Gasteiger partial charge in [0.25, 0.3) is 5.69 Å². The van der Waals surface area contributed by atoms with Crippen molar-refractivity contribution in [3.05, 3.63) is 103 Å². The molecule has 0 spiro atoms. The Kier molecular flexibility index (Phi) is 5.50. The van der Waals surface area contributed by atoms with Crippen LogP contribution in [0.15, 0.2) is 69.9 Å². The predicted octanol–water partition coefficient (Wildman–Crippen LogP) is 5.86. The fourth-order valence-corrected chi connectivity index (χ4v) is 3.64. The summed E-state index contributed by atoms with van der Waals surface area (Å²) in [5.74, 6) is -1.14. The topological polar surface area (TPSA) is 99.7 Å². The van der Waals surface area contributed by atoms with Crippen LogP contribution in [0.3, 0.4) is 0 Å². The van der Waals surface area contributed by atoms with Crippen molar-refractivity contribution >= 4 is 34.2 Å². The Morgan fingerprint density at radius 2 is 1.75 bits per heavy atom. The molecule has 0 saturated carbocycles. The number of fused-ring (bicyclic) bond motifs is 1. The molecule has 0 aliphatic carbocycles. The van der Waals surface area contributed by atoms with E-state index < -0.39 is 16.3 Å². The van der Waals surface area contributed by atoms with Gasteiger partial charge in [0.05, 0.1) is 20.9 Å². The van der Waals surface area contributed by atoms with Gasteiger partial charge in [-0.1, -0.05) is 29.8 Å². The molecule has 3 aromatic carbocycles. The third kappa shape index (κ3) is 3.86. The number of nitro groups is 1. The first-order valence-corrected chi connectivity index (χ1v) is 9.93. The van der Waals surface area contributed by atoms with Crippen LogP contribution in [0.4, 0.5) is 5.69 Å².